The minimum atomic E-state index is -3.73. The van der Waals surface area contributed by atoms with E-state index in [2.05, 4.69) is 9.71 Å². The average Bonchev–Trinajstić information content (AvgIpc) is 3.29. The summed E-state index contributed by atoms with van der Waals surface area (Å²) in [5, 5.41) is 0. The number of pyridine rings is 1. The number of ether oxygens (including phenoxy) is 1. The van der Waals surface area contributed by atoms with Gasteiger partial charge in [0.05, 0.1) is 36.5 Å². The number of nitrogens with zero attached hydrogens (tertiary/aromatic N) is 2. The highest BCUT2D eigenvalue weighted by Gasteiger charge is 2.19. The quantitative estimate of drug-likeness (QED) is 0.531. The van der Waals surface area contributed by atoms with Crippen molar-refractivity contribution in [1.29, 1.82) is 0 Å². The Kier molecular flexibility index (Phi) is 7.34. The zero-order valence-corrected chi connectivity index (χ0v) is 17.3. The van der Waals surface area contributed by atoms with Crippen molar-refractivity contribution in [3.05, 3.63) is 84.1 Å². The van der Waals surface area contributed by atoms with E-state index >= 15 is 0 Å². The van der Waals surface area contributed by atoms with E-state index in [4.69, 9.17) is 9.15 Å². The molecule has 0 fully saturated rings. The Hall–Kier alpha value is -3.01. The minimum Gasteiger partial charge on any atom is -0.468 e. The predicted octanol–water partition coefficient (Wildman–Crippen LogP) is 2.44. The van der Waals surface area contributed by atoms with Gasteiger partial charge in [0.2, 0.25) is 10.0 Å². The molecule has 0 bridgehead atoms. The van der Waals surface area contributed by atoms with Gasteiger partial charge in [0.1, 0.15) is 5.76 Å². The molecule has 30 heavy (non-hydrogen) atoms. The van der Waals surface area contributed by atoms with Crippen molar-refractivity contribution in [1.82, 2.24) is 14.6 Å². The van der Waals surface area contributed by atoms with Crippen molar-refractivity contribution in [3.8, 4) is 0 Å². The number of carbonyl (C=O) groups excluding carboxylic acids is 1. The van der Waals surface area contributed by atoms with E-state index in [1.165, 1.54) is 30.5 Å². The molecule has 0 spiro atoms. The number of nitrogens with one attached hydrogen (secondary N) is 1. The van der Waals surface area contributed by atoms with Gasteiger partial charge in [0.25, 0.3) is 5.91 Å². The van der Waals surface area contributed by atoms with Crippen LogP contribution in [0.4, 0.5) is 0 Å². The number of hydrogen-bond donors (Lipinski definition) is 1. The molecule has 0 saturated heterocycles. The van der Waals surface area contributed by atoms with Crippen LogP contribution in [0.1, 0.15) is 21.8 Å². The molecular weight excluding hydrogens is 406 g/mol. The van der Waals surface area contributed by atoms with Crippen LogP contribution in [-0.4, -0.2) is 44.5 Å². The lowest BCUT2D eigenvalue weighted by Crippen LogP contribution is -2.33. The fraction of sp³-hybridized carbons (Fsp3) is 0.238. The second-order valence-corrected chi connectivity index (χ2v) is 8.24. The molecule has 9 heteroatoms. The normalized spacial score (nSPS) is 11.4. The molecule has 2 aromatic heterocycles. The van der Waals surface area contributed by atoms with Gasteiger partial charge in [0.15, 0.2) is 0 Å². The lowest BCUT2D eigenvalue weighted by atomic mass is 10.2. The molecule has 158 valence electrons. The molecule has 0 aliphatic carbocycles. The van der Waals surface area contributed by atoms with Crippen molar-refractivity contribution in [2.24, 2.45) is 0 Å². The second kappa shape index (κ2) is 10.1. The first-order valence-corrected chi connectivity index (χ1v) is 10.8. The first-order valence-electron chi connectivity index (χ1n) is 9.30. The van der Waals surface area contributed by atoms with Gasteiger partial charge in [-0.2, -0.15) is 0 Å². The highest BCUT2D eigenvalue weighted by molar-refractivity contribution is 7.89. The lowest BCUT2D eigenvalue weighted by Gasteiger charge is -2.22. The first-order chi connectivity index (χ1) is 14.5. The topological polar surface area (TPSA) is 102 Å². The summed E-state index contributed by atoms with van der Waals surface area (Å²) >= 11 is 0. The van der Waals surface area contributed by atoms with Gasteiger partial charge in [-0.3, -0.25) is 9.78 Å². The Morgan fingerprint density at radius 2 is 1.93 bits per heavy atom. The van der Waals surface area contributed by atoms with Gasteiger partial charge in [-0.25, -0.2) is 13.1 Å². The van der Waals surface area contributed by atoms with E-state index in [9.17, 15) is 13.2 Å². The molecular formula is C21H23N3O5S. The molecule has 0 atom stereocenters. The van der Waals surface area contributed by atoms with Crippen molar-refractivity contribution in [2.45, 2.75) is 18.0 Å². The van der Waals surface area contributed by atoms with Crippen LogP contribution in [0.3, 0.4) is 0 Å². The van der Waals surface area contributed by atoms with E-state index in [0.717, 1.165) is 5.69 Å². The fourth-order valence-corrected chi connectivity index (χ4v) is 3.76. The number of furan rings is 1. The maximum Gasteiger partial charge on any atom is 0.254 e. The van der Waals surface area contributed by atoms with Crippen LogP contribution >= 0.6 is 0 Å². The Bertz CT molecular complexity index is 1040. The maximum atomic E-state index is 13.0. The SMILES string of the molecule is COCCN(Cc1ccccn1)C(=O)c1ccc(S(=O)(=O)NCc2ccco2)cc1. The number of methoxy groups -OCH3 is 1. The summed E-state index contributed by atoms with van der Waals surface area (Å²) in [4.78, 5) is 18.9. The molecule has 0 radical (unpaired) electrons. The van der Waals surface area contributed by atoms with Crippen molar-refractivity contribution >= 4 is 15.9 Å². The van der Waals surface area contributed by atoms with E-state index in [1.54, 1.807) is 30.3 Å². The van der Waals surface area contributed by atoms with Gasteiger partial charge in [-0.1, -0.05) is 6.07 Å². The number of sulfonamides is 1. The number of carbonyl (C=O) groups is 1. The van der Waals surface area contributed by atoms with E-state index in [-0.39, 0.29) is 17.3 Å². The molecule has 0 unspecified atom stereocenters. The Balaban J connectivity index is 1.71. The van der Waals surface area contributed by atoms with Crippen molar-refractivity contribution < 1.29 is 22.4 Å². The second-order valence-electron chi connectivity index (χ2n) is 6.47. The molecule has 0 saturated carbocycles. The third kappa shape index (κ3) is 5.76. The van der Waals surface area contributed by atoms with Gasteiger partial charge in [-0.05, 0) is 48.5 Å². The molecule has 0 aliphatic rings. The molecule has 1 N–H and O–H groups in total. The smallest absolute Gasteiger partial charge is 0.254 e. The van der Waals surface area contributed by atoms with Crippen LogP contribution in [0.15, 0.2) is 76.4 Å². The van der Waals surface area contributed by atoms with E-state index in [1.807, 2.05) is 18.2 Å². The standard InChI is InChI=1S/C21H23N3O5S/c1-28-14-12-24(16-18-5-2-3-11-22-18)21(25)17-7-9-20(10-8-17)30(26,27)23-15-19-6-4-13-29-19/h2-11,13,23H,12,14-16H2,1H3. The summed E-state index contributed by atoms with van der Waals surface area (Å²) in [7, 11) is -2.16. The number of hydrogen-bond acceptors (Lipinski definition) is 6. The molecule has 2 heterocycles. The van der Waals surface area contributed by atoms with Gasteiger partial charge < -0.3 is 14.1 Å². The molecule has 8 nitrogen and oxygen atoms in total. The zero-order valence-electron chi connectivity index (χ0n) is 16.5. The highest BCUT2D eigenvalue weighted by Crippen LogP contribution is 2.14. The summed E-state index contributed by atoms with van der Waals surface area (Å²) < 4.78 is 37.6. The number of amides is 1. The average molecular weight is 429 g/mol. The third-order valence-electron chi connectivity index (χ3n) is 4.36. The van der Waals surface area contributed by atoms with Crippen LogP contribution in [0.25, 0.3) is 0 Å². The largest absolute Gasteiger partial charge is 0.468 e. The maximum absolute atomic E-state index is 13.0. The summed E-state index contributed by atoms with van der Waals surface area (Å²) in [5.74, 6) is 0.277. The number of benzene rings is 1. The monoisotopic (exact) mass is 429 g/mol. The highest BCUT2D eigenvalue weighted by atomic mass is 32.2. The number of aromatic nitrogens is 1. The van der Waals surface area contributed by atoms with Crippen molar-refractivity contribution in [3.63, 3.8) is 0 Å². The van der Waals surface area contributed by atoms with E-state index < -0.39 is 10.0 Å². The lowest BCUT2D eigenvalue weighted by molar-refractivity contribution is 0.0678. The van der Waals surface area contributed by atoms with Crippen LogP contribution in [0.2, 0.25) is 0 Å². The first kappa shape index (κ1) is 21.7. The Labute approximate surface area is 175 Å². The van der Waals surface area contributed by atoms with Gasteiger partial charge in [0, 0.05) is 25.4 Å². The Morgan fingerprint density at radius 3 is 2.57 bits per heavy atom. The molecule has 0 aliphatic heterocycles. The van der Waals surface area contributed by atoms with Crippen LogP contribution in [0, 0.1) is 0 Å². The van der Waals surface area contributed by atoms with Gasteiger partial charge >= 0.3 is 0 Å². The fourth-order valence-electron chi connectivity index (χ4n) is 2.76. The van der Waals surface area contributed by atoms with Crippen LogP contribution < -0.4 is 4.72 Å². The van der Waals surface area contributed by atoms with Crippen LogP contribution in [-0.2, 0) is 27.8 Å². The summed E-state index contributed by atoms with van der Waals surface area (Å²) in [5.41, 5.74) is 1.13. The molecule has 1 aromatic carbocycles. The molecule has 1 amide bonds. The van der Waals surface area contributed by atoms with E-state index in [0.29, 0.717) is 31.0 Å². The predicted molar refractivity (Wildman–Crippen MR) is 110 cm³/mol. The Morgan fingerprint density at radius 1 is 1.13 bits per heavy atom. The molecule has 3 rings (SSSR count). The summed E-state index contributed by atoms with van der Waals surface area (Å²) in [6.07, 6.45) is 3.15. The number of rotatable bonds is 10. The minimum absolute atomic E-state index is 0.0465. The summed E-state index contributed by atoms with van der Waals surface area (Å²) in [6.45, 7) is 1.14. The zero-order chi connectivity index (χ0) is 21.4. The van der Waals surface area contributed by atoms with Crippen molar-refractivity contribution in [2.75, 3.05) is 20.3 Å². The molecule has 3 aromatic rings. The van der Waals surface area contributed by atoms with Crippen LogP contribution in [0.5, 0.6) is 0 Å². The third-order valence-corrected chi connectivity index (χ3v) is 5.78. The summed E-state index contributed by atoms with van der Waals surface area (Å²) in [6, 6.07) is 14.7. The van der Waals surface area contributed by atoms with Gasteiger partial charge in [-0.15, -0.1) is 0 Å².